The first-order valence-corrected chi connectivity index (χ1v) is 7.58. The van der Waals surface area contributed by atoms with Crippen LogP contribution in [0, 0.1) is 0 Å². The zero-order valence-corrected chi connectivity index (χ0v) is 12.2. The molecule has 0 unspecified atom stereocenters. The minimum absolute atomic E-state index is 0.0578. The van der Waals surface area contributed by atoms with Gasteiger partial charge >= 0.3 is 5.97 Å². The smallest absolute Gasteiger partial charge is 0.333 e. The van der Waals surface area contributed by atoms with Crippen LogP contribution in [0.2, 0.25) is 0 Å². The summed E-state index contributed by atoms with van der Waals surface area (Å²) in [7, 11) is 1.71. The molecule has 2 fully saturated rings. The summed E-state index contributed by atoms with van der Waals surface area (Å²) in [6.07, 6.45) is 4.94. The first-order valence-electron chi connectivity index (χ1n) is 6.70. The zero-order chi connectivity index (χ0) is 13.8. The highest BCUT2D eigenvalue weighted by Crippen LogP contribution is 2.36. The molecule has 0 N–H and O–H groups in total. The quantitative estimate of drug-likeness (QED) is 0.579. The lowest BCUT2D eigenvalue weighted by atomic mass is 10.1. The molecule has 2 heterocycles. The summed E-state index contributed by atoms with van der Waals surface area (Å²) in [4.78, 5) is 27.5. The summed E-state index contributed by atoms with van der Waals surface area (Å²) in [6, 6.07) is 0. The number of hydrogen-bond acceptors (Lipinski definition) is 5. The van der Waals surface area contributed by atoms with Crippen LogP contribution in [0.1, 0.15) is 26.2 Å². The van der Waals surface area contributed by atoms with Gasteiger partial charge in [-0.2, -0.15) is 0 Å². The van der Waals surface area contributed by atoms with E-state index in [-0.39, 0.29) is 17.3 Å². The molecule has 106 valence electrons. The zero-order valence-electron chi connectivity index (χ0n) is 11.4. The number of carbonyl (C=O) groups is 2. The molecule has 1 amide bonds. The van der Waals surface area contributed by atoms with Gasteiger partial charge in [0.15, 0.2) is 0 Å². The van der Waals surface area contributed by atoms with Gasteiger partial charge in [0.25, 0.3) is 5.91 Å². The fourth-order valence-electron chi connectivity index (χ4n) is 2.32. The van der Waals surface area contributed by atoms with Gasteiger partial charge in [0.2, 0.25) is 0 Å². The van der Waals surface area contributed by atoms with Crippen LogP contribution in [-0.2, 0) is 14.3 Å². The number of nitrogens with zero attached hydrogens (tertiary/aromatic N) is 2. The van der Waals surface area contributed by atoms with Gasteiger partial charge in [-0.05, 0) is 32.9 Å². The molecule has 2 aliphatic rings. The SMILES string of the molecule is CCOC(=O)/C=C1/S[C@H](N2CCCCC2)C(=O)N1C. The highest BCUT2D eigenvalue weighted by atomic mass is 32.2. The molecule has 2 aliphatic heterocycles. The Kier molecular flexibility index (Phi) is 4.87. The molecule has 0 aromatic carbocycles. The number of hydrogen-bond donors (Lipinski definition) is 0. The van der Waals surface area contributed by atoms with E-state index in [1.165, 1.54) is 24.3 Å². The van der Waals surface area contributed by atoms with E-state index >= 15 is 0 Å². The highest BCUT2D eigenvalue weighted by molar-refractivity contribution is 8.04. The Morgan fingerprint density at radius 1 is 1.42 bits per heavy atom. The van der Waals surface area contributed by atoms with E-state index in [1.54, 1.807) is 18.9 Å². The second kappa shape index (κ2) is 6.43. The molecule has 2 rings (SSSR count). The third kappa shape index (κ3) is 3.30. The lowest BCUT2D eigenvalue weighted by Gasteiger charge is -2.29. The monoisotopic (exact) mass is 284 g/mol. The lowest BCUT2D eigenvalue weighted by molar-refractivity contribution is -0.137. The number of carbonyl (C=O) groups excluding carboxylic acids is 2. The van der Waals surface area contributed by atoms with Crippen molar-refractivity contribution < 1.29 is 14.3 Å². The number of esters is 1. The maximum absolute atomic E-state index is 12.2. The van der Waals surface area contributed by atoms with Gasteiger partial charge in [0, 0.05) is 7.05 Å². The van der Waals surface area contributed by atoms with Crippen molar-refractivity contribution in [3.05, 3.63) is 11.1 Å². The molecule has 0 radical (unpaired) electrons. The van der Waals surface area contributed by atoms with Gasteiger partial charge in [-0.25, -0.2) is 4.79 Å². The Morgan fingerprint density at radius 3 is 2.74 bits per heavy atom. The largest absolute Gasteiger partial charge is 0.463 e. The Hall–Kier alpha value is -1.01. The molecule has 6 heteroatoms. The van der Waals surface area contributed by atoms with Crippen LogP contribution < -0.4 is 0 Å². The van der Waals surface area contributed by atoms with E-state index < -0.39 is 0 Å². The molecule has 0 aliphatic carbocycles. The number of ether oxygens (including phenoxy) is 1. The van der Waals surface area contributed by atoms with E-state index in [0.717, 1.165) is 25.9 Å². The van der Waals surface area contributed by atoms with E-state index in [1.807, 2.05) is 0 Å². The van der Waals surface area contributed by atoms with Gasteiger partial charge in [-0.3, -0.25) is 9.69 Å². The average molecular weight is 284 g/mol. The molecular formula is C13H20N2O3S. The molecule has 0 aromatic rings. The fourth-order valence-corrected chi connectivity index (χ4v) is 3.58. The van der Waals surface area contributed by atoms with Gasteiger partial charge in [0.05, 0.1) is 17.7 Å². The number of likely N-dealkylation sites (N-methyl/N-ethyl adjacent to an activating group) is 1. The Morgan fingerprint density at radius 2 is 2.11 bits per heavy atom. The first kappa shape index (κ1) is 14.4. The van der Waals surface area contributed by atoms with Crippen LogP contribution in [0.5, 0.6) is 0 Å². The van der Waals surface area contributed by atoms with Gasteiger partial charge in [-0.15, -0.1) is 0 Å². The number of likely N-dealkylation sites (tertiary alicyclic amines) is 1. The molecule has 2 saturated heterocycles. The maximum atomic E-state index is 12.2. The summed E-state index contributed by atoms with van der Waals surface area (Å²) in [6.45, 7) is 4.04. The summed E-state index contributed by atoms with van der Waals surface area (Å²) >= 11 is 1.45. The second-order valence-corrected chi connectivity index (χ2v) is 5.80. The van der Waals surface area contributed by atoms with Gasteiger partial charge < -0.3 is 9.64 Å². The van der Waals surface area contributed by atoms with Crippen LogP contribution in [0.25, 0.3) is 0 Å². The normalized spacial score (nSPS) is 27.1. The predicted molar refractivity (Wildman–Crippen MR) is 74.3 cm³/mol. The second-order valence-electron chi connectivity index (χ2n) is 4.70. The van der Waals surface area contributed by atoms with Crippen LogP contribution in [0.15, 0.2) is 11.1 Å². The fraction of sp³-hybridized carbons (Fsp3) is 0.692. The lowest BCUT2D eigenvalue weighted by Crippen LogP contribution is -2.42. The summed E-state index contributed by atoms with van der Waals surface area (Å²) in [5, 5.41) is 0.505. The van der Waals surface area contributed by atoms with Crippen LogP contribution in [-0.4, -0.2) is 53.8 Å². The van der Waals surface area contributed by atoms with E-state index in [9.17, 15) is 9.59 Å². The standard InChI is InChI=1S/C13H20N2O3S/c1-3-18-11(16)9-10-14(2)12(17)13(19-10)15-7-5-4-6-8-15/h9,13H,3-8H2,1-2H3/b10-9+/t13-/m0/s1. The predicted octanol–water partition coefficient (Wildman–Crippen LogP) is 1.41. The van der Waals surface area contributed by atoms with E-state index in [4.69, 9.17) is 4.74 Å². The summed E-state index contributed by atoms with van der Waals surface area (Å²) < 4.78 is 4.89. The van der Waals surface area contributed by atoms with E-state index in [2.05, 4.69) is 4.90 Å². The van der Waals surface area contributed by atoms with Crippen molar-refractivity contribution in [1.29, 1.82) is 0 Å². The third-order valence-corrected chi connectivity index (χ3v) is 4.71. The topological polar surface area (TPSA) is 49.9 Å². The minimum Gasteiger partial charge on any atom is -0.463 e. The Labute approximate surface area is 117 Å². The van der Waals surface area contributed by atoms with Crippen LogP contribution in [0.3, 0.4) is 0 Å². The highest BCUT2D eigenvalue weighted by Gasteiger charge is 2.39. The van der Waals surface area contributed by atoms with Gasteiger partial charge in [0.1, 0.15) is 5.37 Å². The van der Waals surface area contributed by atoms with Crippen molar-refractivity contribution in [2.75, 3.05) is 26.7 Å². The molecule has 0 aromatic heterocycles. The average Bonchev–Trinajstić information content (AvgIpc) is 2.68. The van der Waals surface area contributed by atoms with Crippen molar-refractivity contribution in [2.45, 2.75) is 31.6 Å². The third-order valence-electron chi connectivity index (χ3n) is 3.36. The van der Waals surface area contributed by atoms with Crippen LogP contribution >= 0.6 is 11.8 Å². The van der Waals surface area contributed by atoms with Crippen LogP contribution in [0.4, 0.5) is 0 Å². The molecule has 0 spiro atoms. The molecule has 19 heavy (non-hydrogen) atoms. The van der Waals surface area contributed by atoms with Crippen molar-refractivity contribution in [3.63, 3.8) is 0 Å². The number of amides is 1. The maximum Gasteiger partial charge on any atom is 0.333 e. The van der Waals surface area contributed by atoms with Crippen molar-refractivity contribution in [3.8, 4) is 0 Å². The Bertz CT molecular complexity index is 391. The number of thioether (sulfide) groups is 1. The first-order chi connectivity index (χ1) is 9.13. The number of piperidine rings is 1. The summed E-state index contributed by atoms with van der Waals surface area (Å²) in [5.41, 5.74) is 0. The van der Waals surface area contributed by atoms with Crippen molar-refractivity contribution in [1.82, 2.24) is 9.80 Å². The summed E-state index contributed by atoms with van der Waals surface area (Å²) in [5.74, 6) is -0.327. The van der Waals surface area contributed by atoms with Crippen molar-refractivity contribution in [2.24, 2.45) is 0 Å². The minimum atomic E-state index is -0.385. The van der Waals surface area contributed by atoms with E-state index in [0.29, 0.717) is 11.6 Å². The van der Waals surface area contributed by atoms with Crippen molar-refractivity contribution >= 4 is 23.6 Å². The van der Waals surface area contributed by atoms with Gasteiger partial charge in [-0.1, -0.05) is 18.2 Å². The Balaban J connectivity index is 2.05. The molecule has 5 nitrogen and oxygen atoms in total. The molecule has 0 bridgehead atoms. The molecular weight excluding hydrogens is 264 g/mol. The number of rotatable bonds is 3. The molecule has 1 atom stereocenters. The molecule has 0 saturated carbocycles.